The third-order valence-corrected chi connectivity index (χ3v) is 4.84. The van der Waals surface area contributed by atoms with Crippen LogP contribution in [-0.2, 0) is 5.41 Å². The number of carbonyl (C=O) groups is 1. The van der Waals surface area contributed by atoms with Crippen LogP contribution in [-0.4, -0.2) is 5.78 Å². The molecule has 1 nitrogen and oxygen atoms in total. The van der Waals surface area contributed by atoms with Crippen molar-refractivity contribution in [2.75, 3.05) is 0 Å². The van der Waals surface area contributed by atoms with E-state index < -0.39 is 0 Å². The van der Waals surface area contributed by atoms with Crippen molar-refractivity contribution in [3.63, 3.8) is 0 Å². The molecule has 21 heavy (non-hydrogen) atoms. The van der Waals surface area contributed by atoms with Gasteiger partial charge in [0.05, 0.1) is 0 Å². The lowest BCUT2D eigenvalue weighted by Crippen LogP contribution is -2.15. The average Bonchev–Trinajstić information content (AvgIpc) is 2.47. The summed E-state index contributed by atoms with van der Waals surface area (Å²) in [6.07, 6.45) is 1.07. The lowest BCUT2D eigenvalue weighted by molar-refractivity contribution is 0.103. The molecule has 0 N–H and O–H groups in total. The summed E-state index contributed by atoms with van der Waals surface area (Å²) in [5, 5.41) is 0. The first-order valence-electron chi connectivity index (χ1n) is 7.26. The molecule has 0 amide bonds. The van der Waals surface area contributed by atoms with E-state index in [1.165, 1.54) is 5.56 Å². The molecule has 0 saturated heterocycles. The van der Waals surface area contributed by atoms with Crippen molar-refractivity contribution >= 4 is 21.7 Å². The summed E-state index contributed by atoms with van der Waals surface area (Å²) in [5.41, 5.74) is 3.99. The van der Waals surface area contributed by atoms with Gasteiger partial charge < -0.3 is 0 Å². The Morgan fingerprint density at radius 1 is 1.10 bits per heavy atom. The van der Waals surface area contributed by atoms with E-state index in [2.05, 4.69) is 48.8 Å². The van der Waals surface area contributed by atoms with Gasteiger partial charge in [-0.05, 0) is 42.0 Å². The molecule has 0 aliphatic carbocycles. The number of hydrogen-bond donors (Lipinski definition) is 0. The predicted molar refractivity (Wildman–Crippen MR) is 92.1 cm³/mol. The van der Waals surface area contributed by atoms with Crippen molar-refractivity contribution in [1.29, 1.82) is 0 Å². The van der Waals surface area contributed by atoms with E-state index in [1.807, 2.05) is 37.3 Å². The molecular formula is C19H21BrO. The largest absolute Gasteiger partial charge is 0.289 e. The Kier molecular flexibility index (Phi) is 4.67. The minimum absolute atomic E-state index is 0.0581. The van der Waals surface area contributed by atoms with Crippen molar-refractivity contribution in [3.05, 3.63) is 69.2 Å². The summed E-state index contributed by atoms with van der Waals surface area (Å²) in [6.45, 7) is 8.64. The molecule has 110 valence electrons. The topological polar surface area (TPSA) is 17.1 Å². The number of carbonyl (C=O) groups excluding carboxylic acids is 1. The standard InChI is InChI=1S/C19H21BrO/c1-5-19(3,4)15-9-7-14(8-10-15)18(21)16-11-6-13(2)12-17(16)20/h6-12H,5H2,1-4H3. The smallest absolute Gasteiger partial charge is 0.194 e. The first-order valence-corrected chi connectivity index (χ1v) is 8.06. The molecule has 2 heteroatoms. The van der Waals surface area contributed by atoms with Crippen LogP contribution in [0.25, 0.3) is 0 Å². The van der Waals surface area contributed by atoms with Crippen molar-refractivity contribution < 1.29 is 4.79 Å². The quantitative estimate of drug-likeness (QED) is 0.652. The molecule has 0 fully saturated rings. The molecule has 2 rings (SSSR count). The van der Waals surface area contributed by atoms with Gasteiger partial charge >= 0.3 is 0 Å². The fourth-order valence-electron chi connectivity index (χ4n) is 2.24. The summed E-state index contributed by atoms with van der Waals surface area (Å²) in [6, 6.07) is 13.8. The Balaban J connectivity index is 2.32. The maximum absolute atomic E-state index is 12.6. The number of halogens is 1. The van der Waals surface area contributed by atoms with Crippen LogP contribution in [0.3, 0.4) is 0 Å². The molecular weight excluding hydrogens is 324 g/mol. The Hall–Kier alpha value is -1.41. The highest BCUT2D eigenvalue weighted by Gasteiger charge is 2.19. The van der Waals surface area contributed by atoms with Crippen LogP contribution >= 0.6 is 15.9 Å². The van der Waals surface area contributed by atoms with E-state index in [1.54, 1.807) is 0 Å². The van der Waals surface area contributed by atoms with Crippen LogP contribution in [0.1, 0.15) is 54.2 Å². The normalized spacial score (nSPS) is 11.5. The zero-order chi connectivity index (χ0) is 15.6. The van der Waals surface area contributed by atoms with Gasteiger partial charge in [-0.1, -0.05) is 67.0 Å². The Labute approximate surface area is 135 Å². The van der Waals surface area contributed by atoms with Crippen LogP contribution in [0.4, 0.5) is 0 Å². The Morgan fingerprint density at radius 2 is 1.71 bits per heavy atom. The number of rotatable bonds is 4. The molecule has 0 heterocycles. The number of benzene rings is 2. The summed E-state index contributed by atoms with van der Waals surface area (Å²) < 4.78 is 0.852. The summed E-state index contributed by atoms with van der Waals surface area (Å²) in [4.78, 5) is 12.6. The molecule has 2 aromatic carbocycles. The second-order valence-electron chi connectivity index (χ2n) is 6.13. The molecule has 0 aliphatic heterocycles. The maximum Gasteiger partial charge on any atom is 0.194 e. The number of aryl methyl sites for hydroxylation is 1. The minimum atomic E-state index is 0.0581. The maximum atomic E-state index is 12.6. The number of ketones is 1. The second kappa shape index (κ2) is 6.15. The van der Waals surface area contributed by atoms with Crippen molar-refractivity contribution in [2.24, 2.45) is 0 Å². The van der Waals surface area contributed by atoms with Crippen molar-refractivity contribution in [1.82, 2.24) is 0 Å². The van der Waals surface area contributed by atoms with Gasteiger partial charge in [-0.25, -0.2) is 0 Å². The molecule has 0 aliphatic rings. The molecule has 2 aromatic rings. The Bertz CT molecular complexity index is 654. The van der Waals surface area contributed by atoms with Crippen LogP contribution in [0.5, 0.6) is 0 Å². The van der Waals surface area contributed by atoms with Crippen molar-refractivity contribution in [2.45, 2.75) is 39.5 Å². The average molecular weight is 345 g/mol. The molecule has 0 atom stereocenters. The lowest BCUT2D eigenvalue weighted by atomic mass is 9.82. The first kappa shape index (κ1) is 16.0. The molecule has 0 unspecified atom stereocenters. The first-order chi connectivity index (χ1) is 9.85. The summed E-state index contributed by atoms with van der Waals surface area (Å²) in [7, 11) is 0. The van der Waals surface area contributed by atoms with Gasteiger partial charge in [0.2, 0.25) is 0 Å². The van der Waals surface area contributed by atoms with E-state index in [-0.39, 0.29) is 11.2 Å². The fourth-order valence-corrected chi connectivity index (χ4v) is 2.91. The fraction of sp³-hybridized carbons (Fsp3) is 0.316. The van der Waals surface area contributed by atoms with Crippen LogP contribution < -0.4 is 0 Å². The zero-order valence-electron chi connectivity index (χ0n) is 13.0. The molecule has 0 aromatic heterocycles. The highest BCUT2D eigenvalue weighted by atomic mass is 79.9. The predicted octanol–water partition coefficient (Wildman–Crippen LogP) is 5.68. The van der Waals surface area contributed by atoms with Gasteiger partial charge in [0.1, 0.15) is 0 Å². The van der Waals surface area contributed by atoms with Crippen LogP contribution in [0.15, 0.2) is 46.9 Å². The van der Waals surface area contributed by atoms with E-state index in [4.69, 9.17) is 0 Å². The summed E-state index contributed by atoms with van der Waals surface area (Å²) in [5.74, 6) is 0.0581. The van der Waals surface area contributed by atoms with Crippen LogP contribution in [0, 0.1) is 6.92 Å². The summed E-state index contributed by atoms with van der Waals surface area (Å²) >= 11 is 3.48. The van der Waals surface area contributed by atoms with E-state index in [0.717, 1.165) is 22.0 Å². The number of hydrogen-bond acceptors (Lipinski definition) is 1. The molecule has 0 spiro atoms. The van der Waals surface area contributed by atoms with E-state index in [9.17, 15) is 4.79 Å². The molecule has 0 bridgehead atoms. The highest BCUT2D eigenvalue weighted by molar-refractivity contribution is 9.10. The highest BCUT2D eigenvalue weighted by Crippen LogP contribution is 2.28. The van der Waals surface area contributed by atoms with Crippen LogP contribution in [0.2, 0.25) is 0 Å². The SMILES string of the molecule is CCC(C)(C)c1ccc(C(=O)c2ccc(C)cc2Br)cc1. The van der Waals surface area contributed by atoms with Gasteiger partial charge in [0, 0.05) is 15.6 Å². The van der Waals surface area contributed by atoms with E-state index >= 15 is 0 Å². The third-order valence-electron chi connectivity index (χ3n) is 4.18. The van der Waals surface area contributed by atoms with Gasteiger partial charge in [-0.15, -0.1) is 0 Å². The Morgan fingerprint density at radius 3 is 2.24 bits per heavy atom. The van der Waals surface area contributed by atoms with Gasteiger partial charge in [-0.2, -0.15) is 0 Å². The lowest BCUT2D eigenvalue weighted by Gasteiger charge is -2.23. The van der Waals surface area contributed by atoms with Gasteiger partial charge in [0.15, 0.2) is 5.78 Å². The van der Waals surface area contributed by atoms with Gasteiger partial charge in [0.25, 0.3) is 0 Å². The second-order valence-corrected chi connectivity index (χ2v) is 6.98. The van der Waals surface area contributed by atoms with Crippen molar-refractivity contribution in [3.8, 4) is 0 Å². The monoisotopic (exact) mass is 344 g/mol. The van der Waals surface area contributed by atoms with Gasteiger partial charge in [-0.3, -0.25) is 4.79 Å². The molecule has 0 saturated carbocycles. The minimum Gasteiger partial charge on any atom is -0.289 e. The molecule has 0 radical (unpaired) electrons. The zero-order valence-corrected chi connectivity index (χ0v) is 14.6. The third kappa shape index (κ3) is 3.44. The van der Waals surface area contributed by atoms with E-state index in [0.29, 0.717) is 5.56 Å².